The van der Waals surface area contributed by atoms with Gasteiger partial charge < -0.3 is 15.7 Å². The van der Waals surface area contributed by atoms with Gasteiger partial charge in [0, 0.05) is 24.7 Å². The molecule has 1 aromatic rings. The molecule has 0 radical (unpaired) electrons. The molecule has 0 aromatic heterocycles. The lowest BCUT2D eigenvalue weighted by Gasteiger charge is -2.10. The van der Waals surface area contributed by atoms with Gasteiger partial charge in [-0.15, -0.1) is 0 Å². The number of anilines is 1. The number of benzene rings is 1. The molecule has 7 heteroatoms. The Labute approximate surface area is 110 Å². The third-order valence-corrected chi connectivity index (χ3v) is 2.38. The van der Waals surface area contributed by atoms with Crippen molar-refractivity contribution in [2.24, 2.45) is 0 Å². The number of hydrogen-bond donors (Lipinski definition) is 3. The Morgan fingerprint density at radius 1 is 1.53 bits per heavy atom. The van der Waals surface area contributed by atoms with Crippen molar-refractivity contribution in [1.82, 2.24) is 5.32 Å². The normalized spacial score (nSPS) is 11.7. The number of rotatable bonds is 6. The highest BCUT2D eigenvalue weighted by Gasteiger charge is 2.16. The van der Waals surface area contributed by atoms with Gasteiger partial charge in [-0.05, 0) is 26.0 Å². The fraction of sp³-hybridized carbons (Fsp3) is 0.417. The van der Waals surface area contributed by atoms with E-state index in [-0.39, 0.29) is 23.8 Å². The van der Waals surface area contributed by atoms with Crippen molar-refractivity contribution in [2.45, 2.75) is 20.0 Å². The monoisotopic (exact) mass is 267 g/mol. The fourth-order valence-electron chi connectivity index (χ4n) is 1.50. The summed E-state index contributed by atoms with van der Waals surface area (Å²) in [4.78, 5) is 22.0. The van der Waals surface area contributed by atoms with Crippen LogP contribution in [0.2, 0.25) is 0 Å². The van der Waals surface area contributed by atoms with Crippen LogP contribution in [-0.4, -0.2) is 35.1 Å². The van der Waals surface area contributed by atoms with Gasteiger partial charge in [-0.1, -0.05) is 0 Å². The first-order chi connectivity index (χ1) is 8.95. The molecule has 0 aliphatic heterocycles. The van der Waals surface area contributed by atoms with E-state index in [9.17, 15) is 20.0 Å². The van der Waals surface area contributed by atoms with E-state index in [1.165, 1.54) is 18.2 Å². The second-order valence-corrected chi connectivity index (χ2v) is 4.08. The van der Waals surface area contributed by atoms with E-state index in [4.69, 9.17) is 0 Å². The molecule has 0 saturated heterocycles. The van der Waals surface area contributed by atoms with Crippen molar-refractivity contribution >= 4 is 17.3 Å². The number of carbonyl (C=O) groups excluding carboxylic acids is 1. The number of amides is 1. The van der Waals surface area contributed by atoms with E-state index in [1.807, 2.05) is 0 Å². The predicted molar refractivity (Wildman–Crippen MR) is 71.3 cm³/mol. The Morgan fingerprint density at radius 3 is 2.74 bits per heavy atom. The largest absolute Gasteiger partial charge is 0.392 e. The lowest BCUT2D eigenvalue weighted by atomic mass is 10.1. The summed E-state index contributed by atoms with van der Waals surface area (Å²) in [7, 11) is 0. The van der Waals surface area contributed by atoms with Crippen molar-refractivity contribution in [3.63, 3.8) is 0 Å². The first-order valence-corrected chi connectivity index (χ1v) is 5.94. The van der Waals surface area contributed by atoms with Crippen LogP contribution in [0.3, 0.4) is 0 Å². The summed E-state index contributed by atoms with van der Waals surface area (Å²) in [6.45, 7) is 3.99. The van der Waals surface area contributed by atoms with Gasteiger partial charge in [0.15, 0.2) is 0 Å². The molecule has 0 fully saturated rings. The number of carbonyl (C=O) groups is 1. The smallest absolute Gasteiger partial charge is 0.292 e. The standard InChI is InChI=1S/C12H17N3O4/c1-3-13-12(17)9-4-5-11(15(18)19)10(6-9)14-7-8(2)16/h4-6,8,14,16H,3,7H2,1-2H3,(H,13,17). The lowest BCUT2D eigenvalue weighted by Crippen LogP contribution is -2.23. The van der Waals surface area contributed by atoms with Crippen LogP contribution in [0.1, 0.15) is 24.2 Å². The number of nitro groups is 1. The molecule has 0 saturated carbocycles. The summed E-state index contributed by atoms with van der Waals surface area (Å²) >= 11 is 0. The molecular weight excluding hydrogens is 250 g/mol. The Morgan fingerprint density at radius 2 is 2.21 bits per heavy atom. The molecule has 0 heterocycles. The summed E-state index contributed by atoms with van der Waals surface area (Å²) in [5.74, 6) is -0.294. The van der Waals surface area contributed by atoms with Crippen LogP contribution in [0.15, 0.2) is 18.2 Å². The minimum absolute atomic E-state index is 0.131. The van der Waals surface area contributed by atoms with Crippen LogP contribution in [0.25, 0.3) is 0 Å². The van der Waals surface area contributed by atoms with E-state index in [0.29, 0.717) is 12.1 Å². The molecule has 0 spiro atoms. The van der Waals surface area contributed by atoms with Gasteiger partial charge in [0.2, 0.25) is 0 Å². The predicted octanol–water partition coefficient (Wildman–Crippen LogP) is 1.14. The molecule has 0 bridgehead atoms. The SMILES string of the molecule is CCNC(=O)c1ccc([N+](=O)[O-])c(NCC(C)O)c1. The molecule has 1 aromatic carbocycles. The van der Waals surface area contributed by atoms with Crippen LogP contribution < -0.4 is 10.6 Å². The number of hydrogen-bond acceptors (Lipinski definition) is 5. The third kappa shape index (κ3) is 4.22. The molecule has 0 aliphatic rings. The third-order valence-electron chi connectivity index (χ3n) is 2.38. The summed E-state index contributed by atoms with van der Waals surface area (Å²) in [6, 6.07) is 4.08. The molecule has 104 valence electrons. The van der Waals surface area contributed by atoms with Gasteiger partial charge >= 0.3 is 0 Å². The molecule has 19 heavy (non-hydrogen) atoms. The topological polar surface area (TPSA) is 104 Å². The number of nitrogens with zero attached hydrogens (tertiary/aromatic N) is 1. The van der Waals surface area contributed by atoms with Crippen LogP contribution in [0, 0.1) is 10.1 Å². The van der Waals surface area contributed by atoms with Crippen molar-refractivity contribution in [3.05, 3.63) is 33.9 Å². The second-order valence-electron chi connectivity index (χ2n) is 4.08. The molecular formula is C12H17N3O4. The maximum absolute atomic E-state index is 11.7. The quantitative estimate of drug-likeness (QED) is 0.529. The molecule has 3 N–H and O–H groups in total. The van der Waals surface area contributed by atoms with Crippen LogP contribution >= 0.6 is 0 Å². The second kappa shape index (κ2) is 6.69. The van der Waals surface area contributed by atoms with Crippen molar-refractivity contribution in [3.8, 4) is 0 Å². The van der Waals surface area contributed by atoms with Gasteiger partial charge in [0.1, 0.15) is 5.69 Å². The minimum atomic E-state index is -0.646. The van der Waals surface area contributed by atoms with Gasteiger partial charge in [-0.2, -0.15) is 0 Å². The van der Waals surface area contributed by atoms with Crippen LogP contribution in [-0.2, 0) is 0 Å². The number of aliphatic hydroxyl groups excluding tert-OH is 1. The average Bonchev–Trinajstić information content (AvgIpc) is 2.36. The highest BCUT2D eigenvalue weighted by Crippen LogP contribution is 2.25. The minimum Gasteiger partial charge on any atom is -0.392 e. The zero-order chi connectivity index (χ0) is 14.4. The Kier molecular flexibility index (Phi) is 5.25. The molecule has 1 atom stereocenters. The van der Waals surface area contributed by atoms with Crippen molar-refractivity contribution in [2.75, 3.05) is 18.4 Å². The number of nitro benzene ring substituents is 1. The van der Waals surface area contributed by atoms with Gasteiger partial charge in [0.05, 0.1) is 11.0 Å². The first kappa shape index (κ1) is 14.9. The molecule has 1 amide bonds. The highest BCUT2D eigenvalue weighted by atomic mass is 16.6. The number of aliphatic hydroxyl groups is 1. The maximum Gasteiger partial charge on any atom is 0.292 e. The van der Waals surface area contributed by atoms with E-state index in [2.05, 4.69) is 10.6 Å². The Hall–Kier alpha value is -2.15. The van der Waals surface area contributed by atoms with Crippen molar-refractivity contribution in [1.29, 1.82) is 0 Å². The maximum atomic E-state index is 11.7. The van der Waals surface area contributed by atoms with Gasteiger partial charge in [-0.25, -0.2) is 0 Å². The molecule has 1 unspecified atom stereocenters. The average molecular weight is 267 g/mol. The van der Waals surface area contributed by atoms with Crippen LogP contribution in [0.5, 0.6) is 0 Å². The highest BCUT2D eigenvalue weighted by molar-refractivity contribution is 5.95. The van der Waals surface area contributed by atoms with Crippen LogP contribution in [0.4, 0.5) is 11.4 Å². The zero-order valence-corrected chi connectivity index (χ0v) is 10.8. The number of nitrogens with one attached hydrogen (secondary N) is 2. The van der Waals surface area contributed by atoms with Crippen molar-refractivity contribution < 1.29 is 14.8 Å². The fourth-order valence-corrected chi connectivity index (χ4v) is 1.50. The summed E-state index contributed by atoms with van der Waals surface area (Å²) in [6.07, 6.45) is -0.646. The van der Waals surface area contributed by atoms with Gasteiger partial charge in [0.25, 0.3) is 11.6 Å². The van der Waals surface area contributed by atoms with E-state index in [0.717, 1.165) is 0 Å². The summed E-state index contributed by atoms with van der Waals surface area (Å²) in [5.41, 5.74) is 0.420. The summed E-state index contributed by atoms with van der Waals surface area (Å²) < 4.78 is 0. The molecule has 7 nitrogen and oxygen atoms in total. The van der Waals surface area contributed by atoms with E-state index >= 15 is 0 Å². The molecule has 0 aliphatic carbocycles. The van der Waals surface area contributed by atoms with Gasteiger partial charge in [-0.3, -0.25) is 14.9 Å². The lowest BCUT2D eigenvalue weighted by molar-refractivity contribution is -0.384. The van der Waals surface area contributed by atoms with E-state index in [1.54, 1.807) is 13.8 Å². The van der Waals surface area contributed by atoms with E-state index < -0.39 is 11.0 Å². The molecule has 1 rings (SSSR count). The first-order valence-electron chi connectivity index (χ1n) is 5.94. The zero-order valence-electron chi connectivity index (χ0n) is 10.8. The summed E-state index contributed by atoms with van der Waals surface area (Å²) in [5, 5.41) is 25.4. The Balaban J connectivity index is 3.03. The Bertz CT molecular complexity index is 474.